The zero-order valence-corrected chi connectivity index (χ0v) is 21.0. The molecular weight excluding hydrogens is 420 g/mol. The summed E-state index contributed by atoms with van der Waals surface area (Å²) in [6.07, 6.45) is 15.2. The van der Waals surface area contributed by atoms with Gasteiger partial charge in [0.2, 0.25) is 0 Å². The molecule has 0 aromatic heterocycles. The Hall–Kier alpha value is -0.500. The minimum absolute atomic E-state index is 0.0137. The van der Waals surface area contributed by atoms with E-state index < -0.39 is 6.29 Å². The molecule has 3 aliphatic heterocycles. The number of rotatable bonds is 10. The molecule has 4 fully saturated rings. The third kappa shape index (κ3) is 6.80. The van der Waals surface area contributed by atoms with Gasteiger partial charge in [-0.15, -0.1) is 0 Å². The van der Waals surface area contributed by atoms with Crippen LogP contribution in [0.1, 0.15) is 91.4 Å². The number of hydrogen-bond acceptors (Lipinski definition) is 6. The normalized spacial score (nSPS) is 38.6. The lowest BCUT2D eigenvalue weighted by molar-refractivity contribution is -0.199. The molecule has 33 heavy (non-hydrogen) atoms. The Bertz CT molecular complexity index is 610. The molecule has 8 atom stereocenters. The van der Waals surface area contributed by atoms with Crippen LogP contribution in [-0.4, -0.2) is 55.5 Å². The molecule has 1 saturated carbocycles. The van der Waals surface area contributed by atoms with Gasteiger partial charge in [-0.3, -0.25) is 0 Å². The van der Waals surface area contributed by atoms with Crippen LogP contribution in [0.4, 0.5) is 0 Å². The van der Waals surface area contributed by atoms with Gasteiger partial charge in [0.1, 0.15) is 0 Å². The minimum Gasteiger partial charge on any atom is -0.368 e. The topological polar surface area (TPSA) is 66.4 Å². The Morgan fingerprint density at radius 1 is 1.03 bits per heavy atom. The molecule has 3 unspecified atom stereocenters. The Balaban J connectivity index is 1.48. The summed E-state index contributed by atoms with van der Waals surface area (Å²) in [5.74, 6) is 0.466. The van der Waals surface area contributed by atoms with E-state index in [9.17, 15) is 5.11 Å². The quantitative estimate of drug-likeness (QED) is 0.439. The summed E-state index contributed by atoms with van der Waals surface area (Å²) >= 11 is 0. The number of aliphatic hydroxyl groups excluding tert-OH is 1. The maximum atomic E-state index is 10.1. The van der Waals surface area contributed by atoms with Crippen LogP contribution in [0.15, 0.2) is 12.2 Å². The highest BCUT2D eigenvalue weighted by molar-refractivity contribution is 5.09. The van der Waals surface area contributed by atoms with E-state index in [1.54, 1.807) is 0 Å². The smallest absolute Gasteiger partial charge is 0.158 e. The van der Waals surface area contributed by atoms with Gasteiger partial charge in [-0.1, -0.05) is 45.8 Å². The first-order valence-corrected chi connectivity index (χ1v) is 13.5. The number of unbranched alkanes of at least 4 members (excludes halogenated alkanes) is 1. The van der Waals surface area contributed by atoms with Crippen molar-refractivity contribution in [2.45, 2.75) is 129 Å². The second kappa shape index (κ2) is 12.0. The third-order valence-corrected chi connectivity index (χ3v) is 8.03. The molecule has 190 valence electrons. The molecule has 0 aromatic rings. The first kappa shape index (κ1) is 25.6. The monoisotopic (exact) mass is 466 g/mol. The molecule has 6 nitrogen and oxygen atoms in total. The van der Waals surface area contributed by atoms with Crippen LogP contribution in [0.2, 0.25) is 0 Å². The summed E-state index contributed by atoms with van der Waals surface area (Å²) in [5.41, 5.74) is 0.0137. The number of ether oxygens (including phenoxy) is 5. The van der Waals surface area contributed by atoms with Crippen LogP contribution in [0, 0.1) is 17.3 Å². The van der Waals surface area contributed by atoms with Crippen LogP contribution >= 0.6 is 0 Å². The molecule has 0 spiro atoms. The predicted molar refractivity (Wildman–Crippen MR) is 126 cm³/mol. The van der Waals surface area contributed by atoms with E-state index in [-0.39, 0.29) is 48.1 Å². The zero-order valence-electron chi connectivity index (χ0n) is 21.0. The molecule has 1 aliphatic carbocycles. The number of hydrogen-bond donors (Lipinski definition) is 1. The number of aliphatic hydroxyl groups is 1. The van der Waals surface area contributed by atoms with Crippen molar-refractivity contribution in [3.8, 4) is 0 Å². The molecule has 0 bridgehead atoms. The fraction of sp³-hybridized carbons (Fsp3) is 0.926. The Morgan fingerprint density at radius 3 is 2.42 bits per heavy atom. The third-order valence-electron chi connectivity index (χ3n) is 8.03. The summed E-state index contributed by atoms with van der Waals surface area (Å²) in [6.45, 7) is 8.43. The molecule has 4 aliphatic rings. The summed E-state index contributed by atoms with van der Waals surface area (Å²) in [4.78, 5) is 0. The molecule has 3 heterocycles. The van der Waals surface area contributed by atoms with E-state index in [0.717, 1.165) is 64.6 Å². The van der Waals surface area contributed by atoms with Gasteiger partial charge in [0.25, 0.3) is 0 Å². The van der Waals surface area contributed by atoms with E-state index in [0.29, 0.717) is 6.42 Å². The van der Waals surface area contributed by atoms with Crippen LogP contribution in [0.5, 0.6) is 0 Å². The van der Waals surface area contributed by atoms with E-state index in [1.165, 1.54) is 12.8 Å². The van der Waals surface area contributed by atoms with E-state index >= 15 is 0 Å². The van der Waals surface area contributed by atoms with E-state index in [4.69, 9.17) is 23.7 Å². The van der Waals surface area contributed by atoms with Crippen LogP contribution in [0.3, 0.4) is 0 Å². The highest BCUT2D eigenvalue weighted by Crippen LogP contribution is 2.46. The highest BCUT2D eigenvalue weighted by atomic mass is 16.7. The van der Waals surface area contributed by atoms with Crippen molar-refractivity contribution in [2.75, 3.05) is 13.2 Å². The van der Waals surface area contributed by atoms with Crippen molar-refractivity contribution < 1.29 is 28.8 Å². The number of fused-ring (bicyclic) bond motifs is 1. The van der Waals surface area contributed by atoms with Crippen molar-refractivity contribution in [1.29, 1.82) is 0 Å². The van der Waals surface area contributed by atoms with Crippen LogP contribution in [-0.2, 0) is 23.7 Å². The molecule has 0 amide bonds. The first-order valence-electron chi connectivity index (χ1n) is 13.5. The summed E-state index contributed by atoms with van der Waals surface area (Å²) in [5, 5.41) is 10.1. The van der Waals surface area contributed by atoms with Crippen molar-refractivity contribution in [2.24, 2.45) is 17.3 Å². The molecule has 3 saturated heterocycles. The zero-order chi connectivity index (χ0) is 23.3. The van der Waals surface area contributed by atoms with Crippen molar-refractivity contribution in [3.63, 3.8) is 0 Å². The van der Waals surface area contributed by atoms with Gasteiger partial charge in [-0.05, 0) is 56.3 Å². The Kier molecular flexibility index (Phi) is 9.27. The second-order valence-corrected chi connectivity index (χ2v) is 11.1. The maximum Gasteiger partial charge on any atom is 0.158 e. The van der Waals surface area contributed by atoms with E-state index in [1.807, 2.05) is 0 Å². The Labute approximate surface area is 200 Å². The standard InChI is InChI=1S/C27H46O6/c1-4-5-14-27(2,3)23(33-26-11-7-9-16-30-26)13-12-19-20-17-24(28)31-22(20)18-21(19)32-25-10-6-8-15-29-25/h12-13,19-26,28H,4-11,14-18H2,1-3H3/t19-,20-,21-,22+,23-,24?,25?,26?/m1/s1. The van der Waals surface area contributed by atoms with Crippen molar-refractivity contribution in [3.05, 3.63) is 12.2 Å². The fourth-order valence-electron chi connectivity index (χ4n) is 5.94. The molecule has 0 radical (unpaired) electrons. The van der Waals surface area contributed by atoms with Gasteiger partial charge in [0.05, 0.1) is 18.3 Å². The van der Waals surface area contributed by atoms with Gasteiger partial charge in [-0.2, -0.15) is 0 Å². The highest BCUT2D eigenvalue weighted by Gasteiger charge is 2.49. The average Bonchev–Trinajstić information content (AvgIpc) is 3.32. The summed E-state index contributed by atoms with van der Waals surface area (Å²) < 4.78 is 30.7. The van der Waals surface area contributed by atoms with Gasteiger partial charge in [-0.25, -0.2) is 0 Å². The van der Waals surface area contributed by atoms with E-state index in [2.05, 4.69) is 32.9 Å². The molecular formula is C27H46O6. The predicted octanol–water partition coefficient (Wildman–Crippen LogP) is 5.33. The summed E-state index contributed by atoms with van der Waals surface area (Å²) in [6, 6.07) is 0. The fourth-order valence-corrected chi connectivity index (χ4v) is 5.94. The summed E-state index contributed by atoms with van der Waals surface area (Å²) in [7, 11) is 0. The molecule has 4 rings (SSSR count). The SMILES string of the molecule is CCCCC(C)(C)[C@@H](C=C[C@@H]1[C@H]2CC(O)O[C@H]2C[C@H]1OC1CCCCO1)OC1CCCCO1. The molecule has 1 N–H and O–H groups in total. The van der Waals surface area contributed by atoms with Crippen molar-refractivity contribution >= 4 is 0 Å². The largest absolute Gasteiger partial charge is 0.368 e. The first-order chi connectivity index (χ1) is 16.0. The second-order valence-electron chi connectivity index (χ2n) is 11.1. The van der Waals surface area contributed by atoms with Gasteiger partial charge in [0.15, 0.2) is 18.9 Å². The average molecular weight is 467 g/mol. The maximum absolute atomic E-state index is 10.1. The molecule has 6 heteroatoms. The van der Waals surface area contributed by atoms with Crippen LogP contribution < -0.4 is 0 Å². The van der Waals surface area contributed by atoms with Gasteiger partial charge in [0, 0.05) is 32.0 Å². The lowest BCUT2D eigenvalue weighted by Crippen LogP contribution is -2.37. The van der Waals surface area contributed by atoms with Crippen LogP contribution in [0.25, 0.3) is 0 Å². The lowest BCUT2D eigenvalue weighted by atomic mass is 9.80. The Morgan fingerprint density at radius 2 is 1.76 bits per heavy atom. The minimum atomic E-state index is -0.661. The van der Waals surface area contributed by atoms with Crippen molar-refractivity contribution in [1.82, 2.24) is 0 Å². The lowest BCUT2D eigenvalue weighted by Gasteiger charge is -2.36. The van der Waals surface area contributed by atoms with Gasteiger partial charge < -0.3 is 28.8 Å². The molecule has 0 aromatic carbocycles. The van der Waals surface area contributed by atoms with Gasteiger partial charge >= 0.3 is 0 Å².